The van der Waals surface area contributed by atoms with Crippen LogP contribution in [0.15, 0.2) is 35.7 Å². The molecule has 0 radical (unpaired) electrons. The topological polar surface area (TPSA) is 9.23 Å². The van der Waals surface area contributed by atoms with Crippen molar-refractivity contribution in [1.29, 1.82) is 0 Å². The second kappa shape index (κ2) is 5.16. The number of hydrogen-bond donors (Lipinski definition) is 0. The highest BCUT2D eigenvalue weighted by Gasteiger charge is 2.18. The number of methoxy groups -OCH3 is 1. The smallest absolute Gasteiger partial charge is 0.123 e. The lowest BCUT2D eigenvalue weighted by molar-refractivity contribution is 0.410. The second-order valence-electron chi connectivity index (χ2n) is 4.41. The summed E-state index contributed by atoms with van der Waals surface area (Å²) in [5.74, 6) is 0.849. The zero-order valence-electron chi connectivity index (χ0n) is 10.6. The summed E-state index contributed by atoms with van der Waals surface area (Å²) in [5, 5.41) is 1.96. The van der Waals surface area contributed by atoms with Crippen LogP contribution in [-0.2, 0) is 0 Å². The maximum atomic E-state index is 6.65. The first-order chi connectivity index (χ1) is 9.19. The van der Waals surface area contributed by atoms with E-state index in [-0.39, 0.29) is 5.38 Å². The average Bonchev–Trinajstić information content (AvgIpc) is 2.98. The van der Waals surface area contributed by atoms with Gasteiger partial charge in [-0.05, 0) is 30.5 Å². The Morgan fingerprint density at radius 3 is 2.74 bits per heavy atom. The Labute approximate surface area is 125 Å². The van der Waals surface area contributed by atoms with Crippen LogP contribution in [0.5, 0.6) is 5.75 Å². The molecule has 4 heteroatoms. The Kier molecular flexibility index (Phi) is 3.52. The highest BCUT2D eigenvalue weighted by Crippen LogP contribution is 2.41. The summed E-state index contributed by atoms with van der Waals surface area (Å²) in [6, 6.07) is 10.5. The predicted molar refractivity (Wildman–Crippen MR) is 85.1 cm³/mol. The van der Waals surface area contributed by atoms with Crippen molar-refractivity contribution in [3.05, 3.63) is 51.7 Å². The average molecular weight is 309 g/mol. The van der Waals surface area contributed by atoms with Crippen LogP contribution in [0.1, 0.15) is 21.4 Å². The molecule has 0 aliphatic rings. The van der Waals surface area contributed by atoms with Gasteiger partial charge in [0.2, 0.25) is 0 Å². The van der Waals surface area contributed by atoms with Crippen molar-refractivity contribution in [2.24, 2.45) is 0 Å². The van der Waals surface area contributed by atoms with E-state index in [0.29, 0.717) is 0 Å². The fraction of sp³-hybridized carbons (Fsp3) is 0.200. The highest BCUT2D eigenvalue weighted by molar-refractivity contribution is 7.27. The van der Waals surface area contributed by atoms with Crippen LogP contribution in [0.4, 0.5) is 0 Å². The van der Waals surface area contributed by atoms with E-state index in [4.69, 9.17) is 16.3 Å². The van der Waals surface area contributed by atoms with E-state index >= 15 is 0 Å². The third-order valence-corrected chi connectivity index (χ3v) is 5.82. The van der Waals surface area contributed by atoms with Crippen LogP contribution in [0.3, 0.4) is 0 Å². The van der Waals surface area contributed by atoms with Crippen LogP contribution < -0.4 is 4.74 Å². The van der Waals surface area contributed by atoms with Crippen LogP contribution in [-0.4, -0.2) is 7.11 Å². The molecular weight excluding hydrogens is 296 g/mol. The van der Waals surface area contributed by atoms with Crippen molar-refractivity contribution in [2.75, 3.05) is 7.11 Å². The third-order valence-electron chi connectivity index (χ3n) is 3.07. The molecule has 0 amide bonds. The van der Waals surface area contributed by atoms with Crippen molar-refractivity contribution in [3.63, 3.8) is 0 Å². The van der Waals surface area contributed by atoms with Gasteiger partial charge < -0.3 is 4.74 Å². The molecule has 0 spiro atoms. The van der Waals surface area contributed by atoms with Crippen molar-refractivity contribution < 1.29 is 4.74 Å². The number of halogens is 1. The molecule has 0 N–H and O–H groups in total. The second-order valence-corrected chi connectivity index (χ2v) is 6.91. The van der Waals surface area contributed by atoms with Gasteiger partial charge in [-0.15, -0.1) is 34.3 Å². The minimum atomic E-state index is -0.153. The normalized spacial score (nSPS) is 12.8. The largest absolute Gasteiger partial charge is 0.496 e. The quantitative estimate of drug-likeness (QED) is 0.572. The lowest BCUT2D eigenvalue weighted by Crippen LogP contribution is -1.96. The molecule has 98 valence electrons. The molecule has 0 aliphatic carbocycles. The first kappa shape index (κ1) is 13.0. The Morgan fingerprint density at radius 1 is 1.16 bits per heavy atom. The SMILES string of the molecule is COc1ccc(C)cc1C(Cl)c1cc2sccc2s1. The van der Waals surface area contributed by atoms with E-state index in [0.717, 1.165) is 11.3 Å². The van der Waals surface area contributed by atoms with E-state index in [1.807, 2.05) is 12.1 Å². The highest BCUT2D eigenvalue weighted by atomic mass is 35.5. The molecule has 0 bridgehead atoms. The van der Waals surface area contributed by atoms with Crippen LogP contribution >= 0.6 is 34.3 Å². The molecule has 2 heterocycles. The molecule has 0 aliphatic heterocycles. The van der Waals surface area contributed by atoms with Gasteiger partial charge in [0, 0.05) is 19.8 Å². The number of rotatable bonds is 3. The maximum Gasteiger partial charge on any atom is 0.123 e. The summed E-state index contributed by atoms with van der Waals surface area (Å²) < 4.78 is 8.03. The maximum absolute atomic E-state index is 6.65. The molecule has 0 fully saturated rings. The lowest BCUT2D eigenvalue weighted by atomic mass is 10.1. The van der Waals surface area contributed by atoms with Gasteiger partial charge >= 0.3 is 0 Å². The first-order valence-electron chi connectivity index (χ1n) is 5.94. The van der Waals surface area contributed by atoms with Crippen molar-refractivity contribution in [3.8, 4) is 5.75 Å². The van der Waals surface area contributed by atoms with E-state index in [1.165, 1.54) is 19.8 Å². The molecule has 0 saturated heterocycles. The summed E-state index contributed by atoms with van der Waals surface area (Å²) in [7, 11) is 1.69. The predicted octanol–water partition coefficient (Wildman–Crippen LogP) is 5.61. The van der Waals surface area contributed by atoms with Gasteiger partial charge in [0.1, 0.15) is 5.75 Å². The summed E-state index contributed by atoms with van der Waals surface area (Å²) in [6.45, 7) is 2.07. The van der Waals surface area contributed by atoms with Gasteiger partial charge in [0.05, 0.1) is 12.5 Å². The number of thiophene rings is 2. The number of alkyl halides is 1. The van der Waals surface area contributed by atoms with Crippen LogP contribution in [0.25, 0.3) is 9.40 Å². The molecular formula is C15H13ClOS2. The Bertz CT molecular complexity index is 685. The van der Waals surface area contributed by atoms with Crippen molar-refractivity contribution in [2.45, 2.75) is 12.3 Å². The van der Waals surface area contributed by atoms with Gasteiger partial charge in [-0.3, -0.25) is 0 Å². The summed E-state index contributed by atoms with van der Waals surface area (Å²) in [6.07, 6.45) is 0. The number of hydrogen-bond acceptors (Lipinski definition) is 3. The molecule has 1 nitrogen and oxygen atoms in total. The van der Waals surface area contributed by atoms with Crippen molar-refractivity contribution in [1.82, 2.24) is 0 Å². The van der Waals surface area contributed by atoms with E-state index < -0.39 is 0 Å². The fourth-order valence-corrected chi connectivity index (χ4v) is 4.60. The van der Waals surface area contributed by atoms with E-state index in [2.05, 4.69) is 30.5 Å². The van der Waals surface area contributed by atoms with Crippen LogP contribution in [0, 0.1) is 6.92 Å². The van der Waals surface area contributed by atoms with Gasteiger partial charge in [0.25, 0.3) is 0 Å². The summed E-state index contributed by atoms with van der Waals surface area (Å²) in [4.78, 5) is 1.17. The third kappa shape index (κ3) is 2.38. The minimum Gasteiger partial charge on any atom is -0.496 e. The molecule has 3 aromatic rings. The van der Waals surface area contributed by atoms with Crippen LogP contribution in [0.2, 0.25) is 0 Å². The minimum absolute atomic E-state index is 0.153. The lowest BCUT2D eigenvalue weighted by Gasteiger charge is -2.13. The molecule has 0 saturated carbocycles. The Hall–Kier alpha value is -1.03. The molecule has 1 atom stereocenters. The van der Waals surface area contributed by atoms with Crippen molar-refractivity contribution >= 4 is 43.7 Å². The Morgan fingerprint density at radius 2 is 2.00 bits per heavy atom. The van der Waals surface area contributed by atoms with Gasteiger partial charge in [-0.1, -0.05) is 17.7 Å². The zero-order chi connectivity index (χ0) is 13.4. The molecule has 19 heavy (non-hydrogen) atoms. The Balaban J connectivity index is 2.05. The molecule has 1 unspecified atom stereocenters. The van der Waals surface area contributed by atoms with E-state index in [9.17, 15) is 0 Å². The molecule has 1 aromatic carbocycles. The number of aryl methyl sites for hydroxylation is 1. The monoisotopic (exact) mass is 308 g/mol. The molecule has 2 aromatic heterocycles. The standard InChI is InChI=1S/C15H13ClOS2/c1-9-3-4-11(17-2)10(7-9)15(16)14-8-13-12(19-14)5-6-18-13/h3-8,15H,1-2H3. The summed E-state index contributed by atoms with van der Waals surface area (Å²) >= 11 is 10.2. The number of ether oxygens (including phenoxy) is 1. The van der Waals surface area contributed by atoms with E-state index in [1.54, 1.807) is 29.8 Å². The van der Waals surface area contributed by atoms with Gasteiger partial charge in [-0.25, -0.2) is 0 Å². The summed E-state index contributed by atoms with van der Waals surface area (Å²) in [5.41, 5.74) is 2.23. The molecule has 3 rings (SSSR count). The first-order valence-corrected chi connectivity index (χ1v) is 8.08. The number of benzene rings is 1. The number of fused-ring (bicyclic) bond motifs is 1. The van der Waals surface area contributed by atoms with Gasteiger partial charge in [0.15, 0.2) is 0 Å². The fourth-order valence-electron chi connectivity index (χ4n) is 2.11. The van der Waals surface area contributed by atoms with Gasteiger partial charge in [-0.2, -0.15) is 0 Å². The zero-order valence-corrected chi connectivity index (χ0v) is 13.0.